The van der Waals surface area contributed by atoms with Crippen molar-refractivity contribution in [1.29, 1.82) is 0 Å². The zero-order valence-corrected chi connectivity index (χ0v) is 16.5. The highest BCUT2D eigenvalue weighted by atomic mass is 19.1. The van der Waals surface area contributed by atoms with E-state index >= 15 is 0 Å². The standard InChI is InChI=1S/C25H24F2N2/c1-25-15-29-16-28-24(18-7-11-22(27)12-8-18)23(29)14-20(25)4-2-3-19(25)13-17-5-9-21(26)10-6-17/h5-12,14,16,19H,2-4,13,15H2,1H3/t19-,25-/m1/s1. The Hall–Kier alpha value is -2.75. The predicted molar refractivity (Wildman–Crippen MR) is 111 cm³/mol. The predicted octanol–water partition coefficient (Wildman–Crippen LogP) is 6.27. The Labute approximate surface area is 169 Å². The second-order valence-electron chi connectivity index (χ2n) is 8.62. The molecule has 0 amide bonds. The van der Waals surface area contributed by atoms with Crippen LogP contribution in [0.1, 0.15) is 37.4 Å². The average Bonchev–Trinajstić information content (AvgIpc) is 3.11. The lowest BCUT2D eigenvalue weighted by molar-refractivity contribution is 0.152. The molecule has 1 saturated carbocycles. The molecule has 0 unspecified atom stereocenters. The summed E-state index contributed by atoms with van der Waals surface area (Å²) >= 11 is 0. The van der Waals surface area contributed by atoms with Crippen LogP contribution in [0.4, 0.5) is 8.78 Å². The second-order valence-corrected chi connectivity index (χ2v) is 8.62. The van der Waals surface area contributed by atoms with E-state index in [4.69, 9.17) is 0 Å². The molecule has 29 heavy (non-hydrogen) atoms. The van der Waals surface area contributed by atoms with Gasteiger partial charge in [0.25, 0.3) is 0 Å². The van der Waals surface area contributed by atoms with Gasteiger partial charge in [0.2, 0.25) is 0 Å². The highest BCUT2D eigenvalue weighted by molar-refractivity contribution is 5.72. The molecule has 5 rings (SSSR count). The first-order valence-corrected chi connectivity index (χ1v) is 10.3. The molecule has 148 valence electrons. The normalized spacial score (nSPS) is 23.3. The van der Waals surface area contributed by atoms with Crippen molar-refractivity contribution in [2.24, 2.45) is 11.3 Å². The molecule has 2 atom stereocenters. The van der Waals surface area contributed by atoms with E-state index in [1.807, 2.05) is 18.5 Å². The minimum Gasteiger partial charge on any atom is -0.330 e. The second kappa shape index (κ2) is 6.94. The maximum atomic E-state index is 13.3. The number of allylic oxidation sites excluding steroid dienone is 1. The number of imidazole rings is 1. The highest BCUT2D eigenvalue weighted by Crippen LogP contribution is 2.51. The Balaban J connectivity index is 1.48. The molecule has 1 aliphatic heterocycles. The fourth-order valence-corrected chi connectivity index (χ4v) is 5.12. The minimum absolute atomic E-state index is 0.0698. The zero-order valence-electron chi connectivity index (χ0n) is 16.5. The van der Waals surface area contributed by atoms with Crippen LogP contribution in [0.2, 0.25) is 0 Å². The van der Waals surface area contributed by atoms with Gasteiger partial charge in [0, 0.05) is 17.5 Å². The number of hydrogen-bond donors (Lipinski definition) is 0. The number of aromatic nitrogens is 2. The maximum Gasteiger partial charge on any atom is 0.123 e. The van der Waals surface area contributed by atoms with Crippen molar-refractivity contribution in [3.63, 3.8) is 0 Å². The van der Waals surface area contributed by atoms with Crippen LogP contribution >= 0.6 is 0 Å². The molecule has 2 aliphatic rings. The molecule has 0 saturated heterocycles. The third kappa shape index (κ3) is 3.21. The van der Waals surface area contributed by atoms with E-state index in [2.05, 4.69) is 22.6 Å². The molecule has 0 spiro atoms. The number of benzene rings is 2. The van der Waals surface area contributed by atoms with E-state index in [-0.39, 0.29) is 17.0 Å². The monoisotopic (exact) mass is 390 g/mol. The van der Waals surface area contributed by atoms with E-state index in [0.29, 0.717) is 5.92 Å². The van der Waals surface area contributed by atoms with Gasteiger partial charge < -0.3 is 4.57 Å². The Morgan fingerprint density at radius 2 is 1.72 bits per heavy atom. The van der Waals surface area contributed by atoms with Crippen molar-refractivity contribution in [1.82, 2.24) is 9.55 Å². The number of fused-ring (bicyclic) bond motifs is 2. The third-order valence-corrected chi connectivity index (χ3v) is 6.83. The van der Waals surface area contributed by atoms with Gasteiger partial charge in [0.15, 0.2) is 0 Å². The number of hydrogen-bond acceptors (Lipinski definition) is 1. The SMILES string of the molecule is C[C@]12Cn3cnc(-c4ccc(F)cc4)c3C=C1CCC[C@@H]2Cc1ccc(F)cc1. The van der Waals surface area contributed by atoms with Crippen molar-refractivity contribution in [2.75, 3.05) is 0 Å². The third-order valence-electron chi connectivity index (χ3n) is 6.83. The highest BCUT2D eigenvalue weighted by Gasteiger charge is 2.43. The lowest BCUT2D eigenvalue weighted by atomic mass is 9.61. The van der Waals surface area contributed by atoms with Gasteiger partial charge in [-0.3, -0.25) is 0 Å². The minimum atomic E-state index is -0.233. The van der Waals surface area contributed by atoms with Gasteiger partial charge in [-0.15, -0.1) is 0 Å². The summed E-state index contributed by atoms with van der Waals surface area (Å²) in [7, 11) is 0. The summed E-state index contributed by atoms with van der Waals surface area (Å²) in [6.45, 7) is 3.26. The topological polar surface area (TPSA) is 17.8 Å². The van der Waals surface area contributed by atoms with Crippen LogP contribution in [0.15, 0.2) is 60.4 Å². The van der Waals surface area contributed by atoms with Crippen LogP contribution in [-0.4, -0.2) is 9.55 Å². The molecule has 2 nitrogen and oxygen atoms in total. The van der Waals surface area contributed by atoms with E-state index < -0.39 is 0 Å². The van der Waals surface area contributed by atoms with E-state index in [0.717, 1.165) is 36.3 Å². The first-order chi connectivity index (χ1) is 14.0. The summed E-state index contributed by atoms with van der Waals surface area (Å²) in [5, 5.41) is 0. The first-order valence-electron chi connectivity index (χ1n) is 10.3. The van der Waals surface area contributed by atoms with Crippen LogP contribution in [0.5, 0.6) is 0 Å². The lowest BCUT2D eigenvalue weighted by Crippen LogP contribution is -2.40. The smallest absolute Gasteiger partial charge is 0.123 e. The van der Waals surface area contributed by atoms with Crippen LogP contribution in [0, 0.1) is 23.0 Å². The van der Waals surface area contributed by atoms with Crippen molar-refractivity contribution >= 4 is 6.08 Å². The molecule has 2 aromatic carbocycles. The molecule has 1 aliphatic carbocycles. The quantitative estimate of drug-likeness (QED) is 0.515. The first kappa shape index (κ1) is 18.3. The Bertz CT molecular complexity index is 1060. The van der Waals surface area contributed by atoms with Gasteiger partial charge in [-0.1, -0.05) is 24.6 Å². The Morgan fingerprint density at radius 1 is 1.03 bits per heavy atom. The van der Waals surface area contributed by atoms with Crippen LogP contribution in [0.3, 0.4) is 0 Å². The van der Waals surface area contributed by atoms with Crippen molar-refractivity contribution < 1.29 is 8.78 Å². The number of halogens is 2. The van der Waals surface area contributed by atoms with Crippen LogP contribution < -0.4 is 0 Å². The summed E-state index contributed by atoms with van der Waals surface area (Å²) in [5.74, 6) is 0.0969. The van der Waals surface area contributed by atoms with Gasteiger partial charge in [0.1, 0.15) is 11.6 Å². The summed E-state index contributed by atoms with van der Waals surface area (Å²) in [4.78, 5) is 4.66. The van der Waals surface area contributed by atoms with Gasteiger partial charge in [-0.25, -0.2) is 13.8 Å². The molecule has 0 bridgehead atoms. The Morgan fingerprint density at radius 3 is 2.45 bits per heavy atom. The Kier molecular flexibility index (Phi) is 4.38. The van der Waals surface area contributed by atoms with Crippen molar-refractivity contribution in [3.05, 3.63) is 83.3 Å². The molecule has 1 fully saturated rings. The number of rotatable bonds is 3. The van der Waals surface area contributed by atoms with Crippen LogP contribution in [-0.2, 0) is 13.0 Å². The average molecular weight is 390 g/mol. The molecule has 3 aromatic rings. The summed E-state index contributed by atoms with van der Waals surface area (Å²) < 4.78 is 28.9. The van der Waals surface area contributed by atoms with Gasteiger partial charge >= 0.3 is 0 Å². The largest absolute Gasteiger partial charge is 0.330 e. The molecular weight excluding hydrogens is 366 g/mol. The fraction of sp³-hybridized carbons (Fsp3) is 0.320. The van der Waals surface area contributed by atoms with Crippen LogP contribution in [0.25, 0.3) is 17.3 Å². The fourth-order valence-electron chi connectivity index (χ4n) is 5.12. The summed E-state index contributed by atoms with van der Waals surface area (Å²) in [6, 6.07) is 13.5. The van der Waals surface area contributed by atoms with Gasteiger partial charge in [-0.05, 0) is 79.6 Å². The van der Waals surface area contributed by atoms with Gasteiger partial charge in [0.05, 0.1) is 17.7 Å². The summed E-state index contributed by atoms with van der Waals surface area (Å²) in [6.07, 6.45) is 8.64. The van der Waals surface area contributed by atoms with Gasteiger partial charge in [-0.2, -0.15) is 0 Å². The summed E-state index contributed by atoms with van der Waals surface area (Å²) in [5.41, 5.74) is 5.72. The molecule has 0 radical (unpaired) electrons. The van der Waals surface area contributed by atoms with Crippen molar-refractivity contribution in [2.45, 2.75) is 39.2 Å². The lowest BCUT2D eigenvalue weighted by Gasteiger charge is -2.46. The van der Waals surface area contributed by atoms with Crippen molar-refractivity contribution in [3.8, 4) is 11.3 Å². The zero-order chi connectivity index (χ0) is 20.0. The molecular formula is C25H24F2N2. The molecule has 4 heteroatoms. The van der Waals surface area contributed by atoms with E-state index in [1.165, 1.54) is 36.1 Å². The molecule has 1 aromatic heterocycles. The molecule has 2 heterocycles. The maximum absolute atomic E-state index is 13.3. The van der Waals surface area contributed by atoms with E-state index in [9.17, 15) is 8.78 Å². The number of nitrogens with zero attached hydrogens (tertiary/aromatic N) is 2. The van der Waals surface area contributed by atoms with E-state index in [1.54, 1.807) is 24.3 Å². The molecule has 0 N–H and O–H groups in total.